The highest BCUT2D eigenvalue weighted by atomic mass is 35.5. The van der Waals surface area contributed by atoms with Gasteiger partial charge < -0.3 is 14.3 Å². The number of halogens is 3. The Morgan fingerprint density at radius 1 is 0.889 bits per heavy atom. The molecule has 0 spiro atoms. The molecular weight excluding hydrogens is 736 g/mol. The van der Waals surface area contributed by atoms with E-state index in [4.69, 9.17) is 32.4 Å². The number of hydrogen-bond acceptors (Lipinski definition) is 8. The summed E-state index contributed by atoms with van der Waals surface area (Å²) in [6.45, 7) is 1.97. The van der Waals surface area contributed by atoms with Crippen molar-refractivity contribution in [3.63, 3.8) is 0 Å². The van der Waals surface area contributed by atoms with Gasteiger partial charge in [0.2, 0.25) is 17.7 Å². The Morgan fingerprint density at radius 2 is 1.59 bits per heavy atom. The standard InChI is InChI=1S/C41H30Cl2FN3O7/c1-2-53-32-19-22(9-18-30(32)48)34-26-16-17-27-33(28(26)20-40(42)38(51)47(39(52)41(34,40)43)25-14-10-23(44)11-15-25)37(50)46(36(27)49)24-12-7-21(8-13-24)35-45-29-5-3-4-6-31(29)54-35/h3-16,18-19,27-28,33-34,48H,2,17,20H2,1H3/t27-,28+,33-,34-,40+,41-/m0/s1. The first-order valence-electron chi connectivity index (χ1n) is 17.5. The van der Waals surface area contributed by atoms with E-state index in [2.05, 4.69) is 4.98 Å². The summed E-state index contributed by atoms with van der Waals surface area (Å²) in [4.78, 5) is 60.2. The number of fused-ring (bicyclic) bond motifs is 5. The van der Waals surface area contributed by atoms with Gasteiger partial charge in [0.15, 0.2) is 26.8 Å². The smallest absolute Gasteiger partial charge is 0.258 e. The number of nitrogens with zero attached hydrogens (tertiary/aromatic N) is 3. The van der Waals surface area contributed by atoms with Gasteiger partial charge in [0.25, 0.3) is 11.8 Å². The molecule has 3 heterocycles. The van der Waals surface area contributed by atoms with Crippen molar-refractivity contribution in [2.45, 2.75) is 35.4 Å². The molecule has 1 aromatic heterocycles. The topological polar surface area (TPSA) is 130 Å². The largest absolute Gasteiger partial charge is 0.504 e. The molecule has 2 aliphatic heterocycles. The Labute approximate surface area is 317 Å². The first-order chi connectivity index (χ1) is 26.0. The molecule has 0 unspecified atom stereocenters. The van der Waals surface area contributed by atoms with E-state index in [1.165, 1.54) is 23.1 Å². The second-order valence-electron chi connectivity index (χ2n) is 14.0. The molecule has 4 aromatic carbocycles. The highest BCUT2D eigenvalue weighted by molar-refractivity contribution is 6.58. The molecule has 6 atom stereocenters. The summed E-state index contributed by atoms with van der Waals surface area (Å²) >= 11 is 14.9. The number of aromatic nitrogens is 1. The molecule has 1 N–H and O–H groups in total. The Hall–Kier alpha value is -5.52. The number of anilines is 2. The van der Waals surface area contributed by atoms with Crippen LogP contribution < -0.4 is 14.5 Å². The van der Waals surface area contributed by atoms with E-state index in [0.717, 1.165) is 17.0 Å². The highest BCUT2D eigenvalue weighted by Crippen LogP contribution is 2.66. The molecule has 1 saturated carbocycles. The SMILES string of the molecule is CCOc1cc([C@H]2C3=CC[C@@H]4C(=O)N(c5ccc(-c6nc7ccccc7o6)cc5)C(=O)[C@@H]4[C@@H]3C[C@@]3(Cl)C(=O)N(c4ccc(F)cc4)C(=O)[C@@]23Cl)ccc1O. The molecule has 2 aliphatic carbocycles. The molecule has 0 bridgehead atoms. The lowest BCUT2D eigenvalue weighted by Gasteiger charge is -2.50. The number of carbonyl (C=O) groups is 4. The fourth-order valence-electron chi connectivity index (χ4n) is 8.76. The van der Waals surface area contributed by atoms with Crippen LogP contribution in [0.4, 0.5) is 15.8 Å². The van der Waals surface area contributed by atoms with Crippen LogP contribution in [0.25, 0.3) is 22.6 Å². The van der Waals surface area contributed by atoms with Crippen LogP contribution in [0, 0.1) is 23.6 Å². The predicted molar refractivity (Wildman–Crippen MR) is 198 cm³/mol. The third kappa shape index (κ3) is 4.74. The average molecular weight is 767 g/mol. The Morgan fingerprint density at radius 3 is 2.31 bits per heavy atom. The maximum atomic E-state index is 14.6. The van der Waals surface area contributed by atoms with E-state index in [-0.39, 0.29) is 36.6 Å². The monoisotopic (exact) mass is 765 g/mol. The minimum Gasteiger partial charge on any atom is -0.504 e. The van der Waals surface area contributed by atoms with Crippen molar-refractivity contribution in [2.75, 3.05) is 16.4 Å². The van der Waals surface area contributed by atoms with Crippen LogP contribution in [0.15, 0.2) is 107 Å². The zero-order valence-corrected chi connectivity index (χ0v) is 30.1. The number of para-hydroxylation sites is 2. The van der Waals surface area contributed by atoms with E-state index in [1.54, 1.807) is 43.3 Å². The molecule has 0 radical (unpaired) electrons. The Balaban J connectivity index is 1.12. The number of aromatic hydroxyl groups is 1. The van der Waals surface area contributed by atoms with Gasteiger partial charge in [-0.2, -0.15) is 0 Å². The summed E-state index contributed by atoms with van der Waals surface area (Å²) < 4.78 is 25.5. The number of alkyl halides is 2. The van der Waals surface area contributed by atoms with Crippen LogP contribution in [0.5, 0.6) is 11.5 Å². The summed E-state index contributed by atoms with van der Waals surface area (Å²) in [5.41, 5.74) is 3.40. The van der Waals surface area contributed by atoms with Gasteiger partial charge in [0.1, 0.15) is 11.3 Å². The van der Waals surface area contributed by atoms with Crippen LogP contribution in [-0.4, -0.2) is 50.1 Å². The van der Waals surface area contributed by atoms with Crippen molar-refractivity contribution in [2.24, 2.45) is 17.8 Å². The van der Waals surface area contributed by atoms with Crippen molar-refractivity contribution in [1.29, 1.82) is 0 Å². The number of oxazole rings is 1. The average Bonchev–Trinajstić information content (AvgIpc) is 3.76. The lowest BCUT2D eigenvalue weighted by atomic mass is 9.56. The number of ether oxygens (including phenoxy) is 1. The normalized spacial score (nSPS) is 27.6. The van der Waals surface area contributed by atoms with Crippen molar-refractivity contribution in [3.05, 3.63) is 114 Å². The van der Waals surface area contributed by atoms with E-state index in [0.29, 0.717) is 39.4 Å². The minimum absolute atomic E-state index is 0.0785. The summed E-state index contributed by atoms with van der Waals surface area (Å²) in [5, 5.41) is 10.6. The second kappa shape index (κ2) is 12.3. The van der Waals surface area contributed by atoms with E-state index in [1.807, 2.05) is 30.3 Å². The number of carbonyl (C=O) groups excluding carboxylic acids is 4. The van der Waals surface area contributed by atoms with Crippen molar-refractivity contribution >= 4 is 69.3 Å². The maximum absolute atomic E-state index is 14.6. The number of phenolic OH excluding ortho intramolecular Hbond substituents is 1. The van der Waals surface area contributed by atoms with Crippen LogP contribution in [0.2, 0.25) is 0 Å². The number of benzene rings is 4. The molecule has 5 aromatic rings. The first kappa shape index (κ1) is 34.3. The Bertz CT molecular complexity index is 2420. The zero-order valence-electron chi connectivity index (χ0n) is 28.5. The molecule has 13 heteroatoms. The van der Waals surface area contributed by atoms with Gasteiger partial charge >= 0.3 is 0 Å². The van der Waals surface area contributed by atoms with Gasteiger partial charge in [-0.3, -0.25) is 24.1 Å². The third-order valence-electron chi connectivity index (χ3n) is 11.2. The molecule has 3 fully saturated rings. The van der Waals surface area contributed by atoms with Crippen LogP contribution in [-0.2, 0) is 19.2 Å². The van der Waals surface area contributed by atoms with Crippen LogP contribution in [0.3, 0.4) is 0 Å². The van der Waals surface area contributed by atoms with Gasteiger partial charge in [-0.15, -0.1) is 23.2 Å². The maximum Gasteiger partial charge on any atom is 0.258 e. The number of imide groups is 2. The number of hydrogen-bond donors (Lipinski definition) is 1. The molecular formula is C41H30Cl2FN3O7. The molecule has 10 nitrogen and oxygen atoms in total. The quantitative estimate of drug-likeness (QED) is 0.107. The van der Waals surface area contributed by atoms with Gasteiger partial charge in [0, 0.05) is 11.5 Å². The third-order valence-corrected chi connectivity index (χ3v) is 12.6. The second-order valence-corrected chi connectivity index (χ2v) is 15.2. The van der Waals surface area contributed by atoms with Crippen LogP contribution >= 0.6 is 23.2 Å². The van der Waals surface area contributed by atoms with Gasteiger partial charge in [-0.25, -0.2) is 14.3 Å². The van der Waals surface area contributed by atoms with E-state index < -0.39 is 62.9 Å². The van der Waals surface area contributed by atoms with Crippen molar-refractivity contribution in [1.82, 2.24) is 4.98 Å². The van der Waals surface area contributed by atoms with E-state index in [9.17, 15) is 28.7 Å². The molecule has 54 heavy (non-hydrogen) atoms. The molecule has 4 aliphatic rings. The van der Waals surface area contributed by atoms with Crippen molar-refractivity contribution in [3.8, 4) is 23.0 Å². The van der Waals surface area contributed by atoms with Gasteiger partial charge in [-0.05, 0) is 104 Å². The number of phenols is 1. The minimum atomic E-state index is -2.12. The lowest BCUT2D eigenvalue weighted by molar-refractivity contribution is -0.125. The first-order valence-corrected chi connectivity index (χ1v) is 18.2. The summed E-state index contributed by atoms with van der Waals surface area (Å²) in [6.07, 6.45) is 1.76. The summed E-state index contributed by atoms with van der Waals surface area (Å²) in [7, 11) is 0. The predicted octanol–water partition coefficient (Wildman–Crippen LogP) is 7.51. The number of rotatable bonds is 6. The molecule has 4 amide bonds. The zero-order chi connectivity index (χ0) is 37.7. The van der Waals surface area contributed by atoms with Crippen molar-refractivity contribution < 1.29 is 37.8 Å². The fraction of sp³-hybridized carbons (Fsp3) is 0.244. The summed E-state index contributed by atoms with van der Waals surface area (Å²) in [6, 6.07) is 23.5. The lowest BCUT2D eigenvalue weighted by Crippen LogP contribution is -2.60. The molecule has 2 saturated heterocycles. The number of allylic oxidation sites excluding steroid dienone is 2. The number of amides is 4. The highest BCUT2D eigenvalue weighted by Gasteiger charge is 2.76. The van der Waals surface area contributed by atoms with Crippen LogP contribution in [0.1, 0.15) is 31.2 Å². The van der Waals surface area contributed by atoms with Gasteiger partial charge in [0.05, 0.1) is 29.8 Å². The molecule has 9 rings (SSSR count). The molecule has 272 valence electrons. The fourth-order valence-corrected chi connectivity index (χ4v) is 9.69. The van der Waals surface area contributed by atoms with Gasteiger partial charge in [-0.1, -0.05) is 29.8 Å². The van der Waals surface area contributed by atoms with E-state index >= 15 is 0 Å². The summed E-state index contributed by atoms with van der Waals surface area (Å²) in [5.74, 6) is -6.30. The Kier molecular flexibility index (Phi) is 7.78.